The zero-order chi connectivity index (χ0) is 24.8. The van der Waals surface area contributed by atoms with Crippen molar-refractivity contribution in [2.24, 2.45) is 0 Å². The molecule has 0 bridgehead atoms. The summed E-state index contributed by atoms with van der Waals surface area (Å²) in [5.41, 5.74) is 1.96. The van der Waals surface area contributed by atoms with Gasteiger partial charge in [0.1, 0.15) is 17.7 Å². The second kappa shape index (κ2) is 11.3. The first-order valence-corrected chi connectivity index (χ1v) is 11.0. The molecular formula is C24H39N3O5. The van der Waals surface area contributed by atoms with Gasteiger partial charge in [-0.3, -0.25) is 9.59 Å². The summed E-state index contributed by atoms with van der Waals surface area (Å²) in [6.07, 6.45) is -0.817. The lowest BCUT2D eigenvalue weighted by Gasteiger charge is -2.37. The van der Waals surface area contributed by atoms with E-state index in [1.807, 2.05) is 45.9 Å². The van der Waals surface area contributed by atoms with E-state index in [0.717, 1.165) is 11.1 Å². The summed E-state index contributed by atoms with van der Waals surface area (Å²) in [4.78, 5) is 40.4. The normalized spacial score (nSPS) is 13.5. The van der Waals surface area contributed by atoms with Gasteiger partial charge < -0.3 is 25.4 Å². The molecule has 0 radical (unpaired) electrons. The lowest BCUT2D eigenvalue weighted by molar-refractivity contribution is -0.145. The number of aliphatic hydroxyl groups excluding tert-OH is 1. The smallest absolute Gasteiger partial charge is 0.408 e. The Balaban J connectivity index is 3.39. The number of benzene rings is 1. The van der Waals surface area contributed by atoms with Crippen molar-refractivity contribution in [2.45, 2.75) is 92.1 Å². The van der Waals surface area contributed by atoms with Crippen LogP contribution in [0.25, 0.3) is 0 Å². The van der Waals surface area contributed by atoms with Gasteiger partial charge in [-0.25, -0.2) is 4.79 Å². The molecule has 0 aromatic heterocycles. The predicted molar refractivity (Wildman–Crippen MR) is 124 cm³/mol. The van der Waals surface area contributed by atoms with Crippen LogP contribution in [0.15, 0.2) is 18.2 Å². The van der Waals surface area contributed by atoms with Gasteiger partial charge in [0.15, 0.2) is 0 Å². The molecule has 0 spiro atoms. The fourth-order valence-corrected chi connectivity index (χ4v) is 3.23. The van der Waals surface area contributed by atoms with Crippen molar-refractivity contribution in [1.29, 1.82) is 0 Å². The number of nitrogens with one attached hydrogen (secondary N) is 2. The Morgan fingerprint density at radius 1 is 1.03 bits per heavy atom. The number of amides is 3. The van der Waals surface area contributed by atoms with E-state index in [1.54, 1.807) is 34.6 Å². The Morgan fingerprint density at radius 3 is 2.06 bits per heavy atom. The maximum atomic E-state index is 13.5. The maximum Gasteiger partial charge on any atom is 0.408 e. The van der Waals surface area contributed by atoms with Gasteiger partial charge in [0.2, 0.25) is 11.8 Å². The number of hydrogen-bond donors (Lipinski definition) is 3. The van der Waals surface area contributed by atoms with E-state index in [9.17, 15) is 19.5 Å². The molecule has 8 nitrogen and oxygen atoms in total. The fraction of sp³-hybridized carbons (Fsp3) is 0.625. The second-order valence-corrected chi connectivity index (χ2v) is 9.63. The van der Waals surface area contributed by atoms with Gasteiger partial charge in [0.05, 0.1) is 6.61 Å². The Morgan fingerprint density at radius 2 is 1.62 bits per heavy atom. The highest BCUT2D eigenvalue weighted by Gasteiger charge is 2.37. The molecule has 1 aromatic rings. The number of carbonyl (C=O) groups excluding carboxylic acids is 3. The SMILES string of the molecule is Cc1ccc(C(C(=O)NC(C)C)N(C(=O)C(CO)NC(=O)OC(C)(C)C)C(C)C)cc1C. The first-order chi connectivity index (χ1) is 14.7. The predicted octanol–water partition coefficient (Wildman–Crippen LogP) is 2.99. The van der Waals surface area contributed by atoms with Gasteiger partial charge in [0.25, 0.3) is 0 Å². The third-order valence-corrected chi connectivity index (χ3v) is 4.79. The summed E-state index contributed by atoms with van der Waals surface area (Å²) in [5.74, 6) is -0.908. The molecule has 0 saturated heterocycles. The van der Waals surface area contributed by atoms with E-state index in [0.29, 0.717) is 5.56 Å². The van der Waals surface area contributed by atoms with E-state index in [2.05, 4.69) is 10.6 Å². The quantitative estimate of drug-likeness (QED) is 0.565. The zero-order valence-corrected chi connectivity index (χ0v) is 20.8. The van der Waals surface area contributed by atoms with E-state index in [-0.39, 0.29) is 18.0 Å². The molecule has 1 rings (SSSR count). The molecule has 3 amide bonds. The molecule has 0 aliphatic carbocycles. The number of rotatable bonds is 8. The monoisotopic (exact) mass is 449 g/mol. The highest BCUT2D eigenvalue weighted by atomic mass is 16.6. The maximum absolute atomic E-state index is 13.5. The van der Waals surface area contributed by atoms with Gasteiger partial charge in [-0.15, -0.1) is 0 Å². The third kappa shape index (κ3) is 7.82. The van der Waals surface area contributed by atoms with E-state index >= 15 is 0 Å². The molecule has 3 N–H and O–H groups in total. The Bertz CT molecular complexity index is 814. The van der Waals surface area contributed by atoms with Gasteiger partial charge in [-0.05, 0) is 79.0 Å². The van der Waals surface area contributed by atoms with Crippen LogP contribution in [0.1, 0.15) is 71.2 Å². The summed E-state index contributed by atoms with van der Waals surface area (Å²) >= 11 is 0. The van der Waals surface area contributed by atoms with Crippen LogP contribution in [-0.4, -0.2) is 58.2 Å². The number of aryl methyl sites for hydroxylation is 2. The highest BCUT2D eigenvalue weighted by molar-refractivity contribution is 5.92. The largest absolute Gasteiger partial charge is 0.444 e. The van der Waals surface area contributed by atoms with Gasteiger partial charge >= 0.3 is 6.09 Å². The Kier molecular flexibility index (Phi) is 9.70. The van der Waals surface area contributed by atoms with Crippen LogP contribution in [0.5, 0.6) is 0 Å². The van der Waals surface area contributed by atoms with Gasteiger partial charge in [-0.1, -0.05) is 18.2 Å². The number of hydrogen-bond acceptors (Lipinski definition) is 5. The van der Waals surface area contributed by atoms with Crippen molar-refractivity contribution in [3.8, 4) is 0 Å². The molecule has 2 atom stereocenters. The van der Waals surface area contributed by atoms with Crippen LogP contribution in [-0.2, 0) is 14.3 Å². The first kappa shape index (κ1) is 27.4. The highest BCUT2D eigenvalue weighted by Crippen LogP contribution is 2.27. The van der Waals surface area contributed by atoms with Crippen LogP contribution in [0.4, 0.5) is 4.79 Å². The molecule has 180 valence electrons. The first-order valence-electron chi connectivity index (χ1n) is 11.0. The van der Waals surface area contributed by atoms with Crippen molar-refractivity contribution in [3.63, 3.8) is 0 Å². The van der Waals surface area contributed by atoms with Crippen molar-refractivity contribution in [3.05, 3.63) is 34.9 Å². The van der Waals surface area contributed by atoms with E-state index in [1.165, 1.54) is 4.90 Å². The summed E-state index contributed by atoms with van der Waals surface area (Å²) < 4.78 is 5.22. The molecule has 0 aliphatic heterocycles. The Labute approximate surface area is 191 Å². The Hall–Kier alpha value is -2.61. The van der Waals surface area contributed by atoms with Gasteiger partial charge in [0, 0.05) is 12.1 Å². The topological polar surface area (TPSA) is 108 Å². The average molecular weight is 450 g/mol. The molecule has 2 unspecified atom stereocenters. The van der Waals surface area contributed by atoms with Crippen LogP contribution in [0.2, 0.25) is 0 Å². The van der Waals surface area contributed by atoms with Crippen molar-refractivity contribution >= 4 is 17.9 Å². The van der Waals surface area contributed by atoms with Crippen LogP contribution in [0, 0.1) is 13.8 Å². The molecule has 0 saturated carbocycles. The molecule has 8 heteroatoms. The molecule has 0 heterocycles. The number of carbonyl (C=O) groups is 3. The lowest BCUT2D eigenvalue weighted by atomic mass is 9.97. The molecular weight excluding hydrogens is 410 g/mol. The number of alkyl carbamates (subject to hydrolysis) is 1. The van der Waals surface area contributed by atoms with Crippen LogP contribution >= 0.6 is 0 Å². The average Bonchev–Trinajstić information content (AvgIpc) is 2.63. The van der Waals surface area contributed by atoms with Crippen LogP contribution in [0.3, 0.4) is 0 Å². The fourth-order valence-electron chi connectivity index (χ4n) is 3.23. The third-order valence-electron chi connectivity index (χ3n) is 4.79. The zero-order valence-electron chi connectivity index (χ0n) is 20.8. The van der Waals surface area contributed by atoms with Crippen molar-refractivity contribution in [2.75, 3.05) is 6.61 Å². The number of aliphatic hydroxyl groups is 1. The molecule has 32 heavy (non-hydrogen) atoms. The summed E-state index contributed by atoms with van der Waals surface area (Å²) in [7, 11) is 0. The summed E-state index contributed by atoms with van der Waals surface area (Å²) in [6, 6.07) is 2.91. The standard InChI is InChI=1S/C24H39N3O5/c1-14(2)25-21(29)20(18-11-10-16(5)17(6)12-18)27(15(3)4)22(30)19(13-28)26-23(31)32-24(7,8)9/h10-12,14-15,19-20,28H,13H2,1-9H3,(H,25,29)(H,26,31). The number of ether oxygens (including phenoxy) is 1. The lowest BCUT2D eigenvalue weighted by Crippen LogP contribution is -2.56. The van der Waals surface area contributed by atoms with E-state index in [4.69, 9.17) is 4.74 Å². The minimum absolute atomic E-state index is 0.130. The van der Waals surface area contributed by atoms with E-state index < -0.39 is 36.3 Å². The van der Waals surface area contributed by atoms with Crippen molar-refractivity contribution < 1.29 is 24.2 Å². The molecule has 1 aromatic carbocycles. The molecule has 0 fully saturated rings. The van der Waals surface area contributed by atoms with Crippen molar-refractivity contribution in [1.82, 2.24) is 15.5 Å². The summed E-state index contributed by atoms with van der Waals surface area (Å²) in [5, 5.41) is 15.2. The summed E-state index contributed by atoms with van der Waals surface area (Å²) in [6.45, 7) is 15.7. The number of nitrogens with zero attached hydrogens (tertiary/aromatic N) is 1. The molecule has 0 aliphatic rings. The minimum Gasteiger partial charge on any atom is -0.444 e. The van der Waals surface area contributed by atoms with Crippen LogP contribution < -0.4 is 10.6 Å². The van der Waals surface area contributed by atoms with Gasteiger partial charge in [-0.2, -0.15) is 0 Å². The minimum atomic E-state index is -1.26. The second-order valence-electron chi connectivity index (χ2n) is 9.63.